The average Bonchev–Trinajstić information content (AvgIpc) is 2.25. The Bertz CT molecular complexity index is 515. The lowest BCUT2D eigenvalue weighted by Gasteiger charge is -2.22. The number of nitrogens with two attached hydrogens (primary N) is 1. The van der Waals surface area contributed by atoms with Crippen molar-refractivity contribution in [3.05, 3.63) is 29.3 Å². The highest BCUT2D eigenvalue weighted by Gasteiger charge is 2.17. The van der Waals surface area contributed by atoms with Gasteiger partial charge in [-0.3, -0.25) is 14.4 Å². The summed E-state index contributed by atoms with van der Waals surface area (Å²) in [5.41, 5.74) is 5.13. The molecule has 5 nitrogen and oxygen atoms in total. The molecule has 0 saturated heterocycles. The van der Waals surface area contributed by atoms with Crippen molar-refractivity contribution < 1.29 is 19.1 Å². The lowest BCUT2D eigenvalue weighted by atomic mass is 10.0. The van der Waals surface area contributed by atoms with Crippen LogP contribution in [0.2, 0.25) is 0 Å². The van der Waals surface area contributed by atoms with Crippen molar-refractivity contribution in [3.63, 3.8) is 0 Å². The molecule has 0 aliphatic rings. The summed E-state index contributed by atoms with van der Waals surface area (Å²) in [4.78, 5) is 33.4. The highest BCUT2D eigenvalue weighted by atomic mass is 16.5. The van der Waals surface area contributed by atoms with E-state index in [0.29, 0.717) is 23.2 Å². The topological polar surface area (TPSA) is 86.5 Å². The maximum atomic E-state index is 11.7. The monoisotopic (exact) mass is 263 g/mol. The third-order valence-corrected chi connectivity index (χ3v) is 2.21. The molecule has 1 rings (SSSR count). The first-order valence-electron chi connectivity index (χ1n) is 5.82. The van der Waals surface area contributed by atoms with E-state index in [1.807, 2.05) is 20.8 Å². The summed E-state index contributed by atoms with van der Waals surface area (Å²) in [6, 6.07) is 4.42. The Labute approximate surface area is 111 Å². The van der Waals surface area contributed by atoms with Crippen molar-refractivity contribution >= 4 is 18.0 Å². The van der Waals surface area contributed by atoms with Gasteiger partial charge in [-0.15, -0.1) is 0 Å². The number of hydrogen-bond donors (Lipinski definition) is 1. The van der Waals surface area contributed by atoms with Gasteiger partial charge in [-0.25, -0.2) is 0 Å². The number of aldehydes is 1. The zero-order valence-corrected chi connectivity index (χ0v) is 11.2. The first-order chi connectivity index (χ1) is 8.73. The molecule has 0 unspecified atom stereocenters. The molecule has 0 aliphatic heterocycles. The number of carbonyl (C=O) groups is 3. The minimum Gasteiger partial charge on any atom is -0.487 e. The van der Waals surface area contributed by atoms with Crippen LogP contribution in [0.5, 0.6) is 5.75 Å². The SMILES string of the molecule is CC(C)(C)Oc1cc(C(=O)CC(N)=O)ccc1C=O. The molecule has 2 N–H and O–H groups in total. The lowest BCUT2D eigenvalue weighted by Crippen LogP contribution is -2.24. The quantitative estimate of drug-likeness (QED) is 0.498. The van der Waals surface area contributed by atoms with E-state index in [4.69, 9.17) is 10.5 Å². The summed E-state index contributed by atoms with van der Waals surface area (Å²) in [6.45, 7) is 5.50. The number of benzene rings is 1. The maximum Gasteiger partial charge on any atom is 0.225 e. The van der Waals surface area contributed by atoms with E-state index < -0.39 is 17.3 Å². The molecule has 102 valence electrons. The van der Waals surface area contributed by atoms with Crippen molar-refractivity contribution in [3.8, 4) is 5.75 Å². The van der Waals surface area contributed by atoms with Crippen molar-refractivity contribution in [1.82, 2.24) is 0 Å². The standard InChI is InChI=1S/C14H17NO4/c1-14(2,3)19-12-6-9(4-5-10(12)8-16)11(17)7-13(15)18/h4-6,8H,7H2,1-3H3,(H2,15,18). The zero-order chi connectivity index (χ0) is 14.6. The molecule has 5 heteroatoms. The van der Waals surface area contributed by atoms with Crippen LogP contribution >= 0.6 is 0 Å². The molecular weight excluding hydrogens is 246 g/mol. The Morgan fingerprint density at radius 1 is 1.32 bits per heavy atom. The van der Waals surface area contributed by atoms with Gasteiger partial charge in [-0.1, -0.05) is 6.07 Å². The van der Waals surface area contributed by atoms with Gasteiger partial charge in [-0.2, -0.15) is 0 Å². The Balaban J connectivity index is 3.11. The Morgan fingerprint density at radius 3 is 2.42 bits per heavy atom. The van der Waals surface area contributed by atoms with Crippen molar-refractivity contribution in [2.24, 2.45) is 5.73 Å². The lowest BCUT2D eigenvalue weighted by molar-refractivity contribution is -0.117. The second-order valence-electron chi connectivity index (χ2n) is 5.15. The van der Waals surface area contributed by atoms with Crippen LogP contribution < -0.4 is 10.5 Å². The number of Topliss-reactive ketones (excluding diaryl/α,β-unsaturated/α-hetero) is 1. The number of carbonyl (C=O) groups excluding carboxylic acids is 3. The van der Waals surface area contributed by atoms with Crippen LogP contribution in [-0.4, -0.2) is 23.6 Å². The van der Waals surface area contributed by atoms with E-state index in [1.54, 1.807) is 0 Å². The third-order valence-electron chi connectivity index (χ3n) is 2.21. The Kier molecular flexibility index (Phi) is 4.43. The molecule has 0 atom stereocenters. The molecule has 0 fully saturated rings. The highest BCUT2D eigenvalue weighted by Crippen LogP contribution is 2.24. The molecule has 0 bridgehead atoms. The highest BCUT2D eigenvalue weighted by molar-refractivity contribution is 6.07. The van der Waals surface area contributed by atoms with Crippen LogP contribution in [0, 0.1) is 0 Å². The number of amides is 1. The van der Waals surface area contributed by atoms with Gasteiger partial charge in [-0.05, 0) is 32.9 Å². The molecule has 1 aromatic rings. The summed E-state index contributed by atoms with van der Waals surface area (Å²) in [7, 11) is 0. The van der Waals surface area contributed by atoms with Crippen molar-refractivity contribution in [2.45, 2.75) is 32.8 Å². The normalized spacial score (nSPS) is 10.9. The van der Waals surface area contributed by atoms with E-state index >= 15 is 0 Å². The average molecular weight is 263 g/mol. The van der Waals surface area contributed by atoms with Gasteiger partial charge >= 0.3 is 0 Å². The first-order valence-corrected chi connectivity index (χ1v) is 5.82. The van der Waals surface area contributed by atoms with Crippen LogP contribution in [0.4, 0.5) is 0 Å². The fourth-order valence-corrected chi connectivity index (χ4v) is 1.48. The number of ketones is 1. The molecular formula is C14H17NO4. The molecule has 1 aromatic carbocycles. The first kappa shape index (κ1) is 14.9. The molecule has 0 radical (unpaired) electrons. The fraction of sp³-hybridized carbons (Fsp3) is 0.357. The molecule has 0 aromatic heterocycles. The minimum absolute atomic E-state index is 0.295. The maximum absolute atomic E-state index is 11.7. The smallest absolute Gasteiger partial charge is 0.225 e. The molecule has 0 aliphatic carbocycles. The van der Waals surface area contributed by atoms with E-state index in [1.165, 1.54) is 18.2 Å². The van der Waals surface area contributed by atoms with Gasteiger partial charge in [0.15, 0.2) is 12.1 Å². The molecule has 0 spiro atoms. The largest absolute Gasteiger partial charge is 0.487 e. The van der Waals surface area contributed by atoms with Crippen LogP contribution in [0.1, 0.15) is 47.9 Å². The van der Waals surface area contributed by atoms with Gasteiger partial charge in [0.05, 0.1) is 12.0 Å². The number of hydrogen-bond acceptors (Lipinski definition) is 4. The molecule has 19 heavy (non-hydrogen) atoms. The Morgan fingerprint density at radius 2 is 1.95 bits per heavy atom. The fourth-order valence-electron chi connectivity index (χ4n) is 1.48. The number of primary amides is 1. The second kappa shape index (κ2) is 5.65. The van der Waals surface area contributed by atoms with E-state index in [2.05, 4.69) is 0 Å². The number of rotatable bonds is 5. The van der Waals surface area contributed by atoms with Gasteiger partial charge in [0.1, 0.15) is 11.4 Å². The summed E-state index contributed by atoms with van der Waals surface area (Å²) >= 11 is 0. The van der Waals surface area contributed by atoms with E-state index in [0.717, 1.165) is 0 Å². The minimum atomic E-state index is -0.692. The summed E-state index contributed by atoms with van der Waals surface area (Å²) < 4.78 is 5.62. The predicted octanol–water partition coefficient (Wildman–Crippen LogP) is 1.73. The van der Waals surface area contributed by atoms with E-state index in [9.17, 15) is 14.4 Å². The van der Waals surface area contributed by atoms with Gasteiger partial charge in [0.25, 0.3) is 0 Å². The number of ether oxygens (including phenoxy) is 1. The molecule has 0 saturated carbocycles. The summed E-state index contributed by atoms with van der Waals surface area (Å²) in [5, 5.41) is 0. The van der Waals surface area contributed by atoms with Crippen molar-refractivity contribution in [2.75, 3.05) is 0 Å². The molecule has 1 amide bonds. The van der Waals surface area contributed by atoms with Crippen LogP contribution in [0.3, 0.4) is 0 Å². The van der Waals surface area contributed by atoms with Gasteiger partial charge in [0.2, 0.25) is 5.91 Å². The van der Waals surface area contributed by atoms with Gasteiger partial charge in [0, 0.05) is 5.56 Å². The summed E-state index contributed by atoms with van der Waals surface area (Å²) in [5.74, 6) is -0.774. The van der Waals surface area contributed by atoms with Crippen LogP contribution in [0.15, 0.2) is 18.2 Å². The Hall–Kier alpha value is -2.17. The van der Waals surface area contributed by atoms with E-state index in [-0.39, 0.29) is 6.42 Å². The third kappa shape index (κ3) is 4.54. The van der Waals surface area contributed by atoms with Crippen LogP contribution in [-0.2, 0) is 4.79 Å². The van der Waals surface area contributed by atoms with Gasteiger partial charge < -0.3 is 10.5 Å². The zero-order valence-electron chi connectivity index (χ0n) is 11.2. The van der Waals surface area contributed by atoms with Crippen LogP contribution in [0.25, 0.3) is 0 Å². The summed E-state index contributed by atoms with van der Waals surface area (Å²) in [6.07, 6.45) is 0.290. The second-order valence-corrected chi connectivity index (χ2v) is 5.15. The molecule has 0 heterocycles. The van der Waals surface area contributed by atoms with Crippen molar-refractivity contribution in [1.29, 1.82) is 0 Å². The predicted molar refractivity (Wildman–Crippen MR) is 70.4 cm³/mol.